The summed E-state index contributed by atoms with van der Waals surface area (Å²) in [7, 11) is 0. The molecule has 3 rings (SSSR count). The molecular weight excluding hydrogens is 336 g/mol. The molecule has 16 heavy (non-hydrogen) atoms. The van der Waals surface area contributed by atoms with Crippen LogP contribution in [0.5, 0.6) is 0 Å². The maximum Gasteiger partial charge on any atom is 0.250 e. The van der Waals surface area contributed by atoms with Gasteiger partial charge in [0.1, 0.15) is 0 Å². The lowest BCUT2D eigenvalue weighted by Gasteiger charge is -2.46. The average molecular weight is 348 g/mol. The van der Waals surface area contributed by atoms with Gasteiger partial charge in [0.05, 0.1) is 9.28 Å². The normalized spacial score (nSPS) is 36.9. The van der Waals surface area contributed by atoms with Gasteiger partial charge in [0.2, 0.25) is 0 Å². The van der Waals surface area contributed by atoms with E-state index in [-0.39, 0.29) is 14.8 Å². The lowest BCUT2D eigenvalue weighted by molar-refractivity contribution is 0.230. The second-order valence-corrected chi connectivity index (χ2v) is 6.89. The molecule has 0 saturated carbocycles. The zero-order valence-corrected chi connectivity index (χ0v) is 11.8. The molecule has 2 bridgehead atoms. The molecule has 1 aromatic heterocycles. The van der Waals surface area contributed by atoms with Crippen LogP contribution in [0.15, 0.2) is 23.0 Å². The van der Waals surface area contributed by atoms with Gasteiger partial charge in [-0.3, -0.25) is 4.79 Å². The lowest BCUT2D eigenvalue weighted by Crippen LogP contribution is -2.55. The van der Waals surface area contributed by atoms with Crippen LogP contribution in [0.1, 0.15) is 12.1 Å². The van der Waals surface area contributed by atoms with Crippen molar-refractivity contribution in [3.8, 4) is 0 Å². The average Bonchev–Trinajstić information content (AvgIpc) is 2.26. The van der Waals surface area contributed by atoms with Gasteiger partial charge in [-0.25, -0.2) is 0 Å². The van der Waals surface area contributed by atoms with E-state index in [2.05, 4.69) is 37.2 Å². The van der Waals surface area contributed by atoms with Crippen LogP contribution in [0.4, 0.5) is 0 Å². The molecule has 1 saturated heterocycles. The SMILES string of the molecule is O=c1cccc2n1CC1CNC(Br)C2(Br)C1. The van der Waals surface area contributed by atoms with Gasteiger partial charge in [0.15, 0.2) is 0 Å². The number of nitrogens with zero attached hydrogens (tertiary/aromatic N) is 1. The first-order chi connectivity index (χ1) is 7.61. The molecule has 1 N–H and O–H groups in total. The number of aromatic nitrogens is 1. The number of pyridine rings is 1. The Morgan fingerprint density at radius 1 is 1.50 bits per heavy atom. The summed E-state index contributed by atoms with van der Waals surface area (Å²) < 4.78 is 1.74. The largest absolute Gasteiger partial charge is 0.311 e. The molecule has 5 heteroatoms. The monoisotopic (exact) mass is 346 g/mol. The van der Waals surface area contributed by atoms with Crippen molar-refractivity contribution in [2.75, 3.05) is 6.54 Å². The van der Waals surface area contributed by atoms with Crippen LogP contribution in [0.25, 0.3) is 0 Å². The Hall–Kier alpha value is -0.130. The first kappa shape index (κ1) is 11.0. The molecule has 3 atom stereocenters. The third-order valence-corrected chi connectivity index (χ3v) is 6.40. The molecule has 1 aromatic rings. The van der Waals surface area contributed by atoms with E-state index in [0.717, 1.165) is 25.2 Å². The van der Waals surface area contributed by atoms with E-state index >= 15 is 0 Å². The summed E-state index contributed by atoms with van der Waals surface area (Å²) in [4.78, 5) is 12.0. The van der Waals surface area contributed by atoms with E-state index in [1.54, 1.807) is 6.07 Å². The van der Waals surface area contributed by atoms with Gasteiger partial charge < -0.3 is 9.88 Å². The predicted molar refractivity (Wildman–Crippen MR) is 70.1 cm³/mol. The van der Waals surface area contributed by atoms with Crippen LogP contribution in [-0.2, 0) is 10.9 Å². The third kappa shape index (κ3) is 1.45. The summed E-state index contributed by atoms with van der Waals surface area (Å²) in [5.74, 6) is 0.528. The molecule has 1 fully saturated rings. The Bertz CT molecular complexity index is 487. The van der Waals surface area contributed by atoms with E-state index in [0.29, 0.717) is 5.92 Å². The van der Waals surface area contributed by atoms with Crippen LogP contribution in [0.2, 0.25) is 0 Å². The number of fused-ring (bicyclic) bond motifs is 4. The topological polar surface area (TPSA) is 34.0 Å². The van der Waals surface area contributed by atoms with Crippen molar-refractivity contribution in [1.82, 2.24) is 9.88 Å². The van der Waals surface area contributed by atoms with E-state index in [1.165, 1.54) is 0 Å². The highest BCUT2D eigenvalue weighted by Crippen LogP contribution is 2.47. The van der Waals surface area contributed by atoms with Crippen molar-refractivity contribution in [2.24, 2.45) is 5.92 Å². The summed E-state index contributed by atoms with van der Waals surface area (Å²) in [6.45, 7) is 1.79. The highest BCUT2D eigenvalue weighted by atomic mass is 79.9. The maximum atomic E-state index is 11.9. The summed E-state index contributed by atoms with van der Waals surface area (Å²) in [6.07, 6.45) is 1.07. The molecule has 0 amide bonds. The summed E-state index contributed by atoms with van der Waals surface area (Å²) in [6, 6.07) is 5.51. The fourth-order valence-electron chi connectivity index (χ4n) is 2.72. The maximum absolute atomic E-state index is 11.9. The summed E-state index contributed by atoms with van der Waals surface area (Å²) in [5.41, 5.74) is 1.18. The zero-order chi connectivity index (χ0) is 11.3. The van der Waals surface area contributed by atoms with Crippen molar-refractivity contribution < 1.29 is 0 Å². The standard InChI is InChI=1S/C11H12Br2N2O/c12-10-11(13)4-7(5-14-10)6-15-8(11)2-1-3-9(15)16/h1-3,7,10,14H,4-6H2. The molecule has 2 aliphatic rings. The number of halogens is 2. The molecule has 2 aliphatic heterocycles. The van der Waals surface area contributed by atoms with E-state index in [1.807, 2.05) is 16.7 Å². The molecule has 0 radical (unpaired) electrons. The Kier molecular flexibility index (Phi) is 2.53. The van der Waals surface area contributed by atoms with E-state index in [9.17, 15) is 4.79 Å². The van der Waals surface area contributed by atoms with Gasteiger partial charge in [0.25, 0.3) is 5.56 Å². The fourth-order valence-corrected chi connectivity index (χ4v) is 4.30. The van der Waals surface area contributed by atoms with Gasteiger partial charge in [-0.15, -0.1) is 0 Å². The lowest BCUT2D eigenvalue weighted by atomic mass is 9.84. The number of nitrogens with one attached hydrogen (secondary N) is 1. The van der Waals surface area contributed by atoms with Gasteiger partial charge in [-0.2, -0.15) is 0 Å². The Morgan fingerprint density at radius 3 is 3.12 bits per heavy atom. The smallest absolute Gasteiger partial charge is 0.250 e. The van der Waals surface area contributed by atoms with Crippen molar-refractivity contribution in [2.45, 2.75) is 22.2 Å². The molecule has 3 heterocycles. The van der Waals surface area contributed by atoms with Crippen LogP contribution in [-0.4, -0.2) is 16.1 Å². The minimum Gasteiger partial charge on any atom is -0.311 e. The Morgan fingerprint density at radius 2 is 2.31 bits per heavy atom. The van der Waals surface area contributed by atoms with Crippen molar-refractivity contribution in [3.63, 3.8) is 0 Å². The summed E-state index contributed by atoms with van der Waals surface area (Å²) >= 11 is 7.47. The third-order valence-electron chi connectivity index (χ3n) is 3.49. The van der Waals surface area contributed by atoms with Gasteiger partial charge >= 0.3 is 0 Å². The summed E-state index contributed by atoms with van der Waals surface area (Å²) in [5, 5.41) is 3.44. The molecular formula is C11H12Br2N2O. The first-order valence-corrected chi connectivity index (χ1v) is 7.09. The minimum absolute atomic E-state index is 0.104. The van der Waals surface area contributed by atoms with Crippen molar-refractivity contribution in [3.05, 3.63) is 34.2 Å². The number of rotatable bonds is 0. The second-order valence-electron chi connectivity index (χ2n) is 4.56. The molecule has 3 nitrogen and oxygen atoms in total. The fraction of sp³-hybridized carbons (Fsp3) is 0.545. The van der Waals surface area contributed by atoms with Crippen LogP contribution >= 0.6 is 31.9 Å². The molecule has 3 unspecified atom stereocenters. The number of hydrogen-bond acceptors (Lipinski definition) is 2. The zero-order valence-electron chi connectivity index (χ0n) is 8.62. The van der Waals surface area contributed by atoms with Gasteiger partial charge in [-0.05, 0) is 18.4 Å². The molecule has 0 spiro atoms. The van der Waals surface area contributed by atoms with Gasteiger partial charge in [0, 0.05) is 24.8 Å². The van der Waals surface area contributed by atoms with Crippen LogP contribution in [0.3, 0.4) is 0 Å². The molecule has 0 aliphatic carbocycles. The van der Waals surface area contributed by atoms with Gasteiger partial charge in [-0.1, -0.05) is 37.9 Å². The number of alkyl halides is 2. The van der Waals surface area contributed by atoms with Crippen molar-refractivity contribution >= 4 is 31.9 Å². The van der Waals surface area contributed by atoms with Crippen LogP contribution in [0, 0.1) is 5.92 Å². The Balaban J connectivity index is 2.23. The highest BCUT2D eigenvalue weighted by Gasteiger charge is 2.47. The number of piperidine rings is 1. The van der Waals surface area contributed by atoms with Crippen molar-refractivity contribution in [1.29, 1.82) is 0 Å². The minimum atomic E-state index is -0.158. The second kappa shape index (κ2) is 3.68. The van der Waals surface area contributed by atoms with E-state index in [4.69, 9.17) is 0 Å². The predicted octanol–water partition coefficient (Wildman–Crippen LogP) is 1.78. The highest BCUT2D eigenvalue weighted by molar-refractivity contribution is 9.12. The molecule has 86 valence electrons. The van der Waals surface area contributed by atoms with E-state index < -0.39 is 0 Å². The Labute approximate surface area is 110 Å². The molecule has 0 aromatic carbocycles. The number of hydrogen-bond donors (Lipinski definition) is 1. The first-order valence-electron chi connectivity index (χ1n) is 5.38. The quantitative estimate of drug-likeness (QED) is 0.573. The van der Waals surface area contributed by atoms with Crippen LogP contribution < -0.4 is 10.9 Å².